The van der Waals surface area contributed by atoms with Crippen molar-refractivity contribution in [2.75, 3.05) is 14.1 Å². The highest BCUT2D eigenvalue weighted by Gasteiger charge is 2.06. The van der Waals surface area contributed by atoms with Gasteiger partial charge in [-0.2, -0.15) is 0 Å². The zero-order chi connectivity index (χ0) is 12.7. The van der Waals surface area contributed by atoms with E-state index in [2.05, 4.69) is 4.99 Å². The molecule has 0 aliphatic heterocycles. The van der Waals surface area contributed by atoms with Gasteiger partial charge < -0.3 is 4.90 Å². The Bertz CT molecular complexity index is 312. The van der Waals surface area contributed by atoms with Crippen molar-refractivity contribution in [3.05, 3.63) is 23.2 Å². The molecule has 0 saturated carbocycles. The molecule has 3 heteroatoms. The fraction of sp³-hybridized carbons (Fsp3) is 0.615. The van der Waals surface area contributed by atoms with Gasteiger partial charge in [0.15, 0.2) is 0 Å². The molecule has 0 heterocycles. The fourth-order valence-electron chi connectivity index (χ4n) is 1.26. The lowest BCUT2D eigenvalue weighted by atomic mass is 10.1. The lowest BCUT2D eigenvalue weighted by Crippen LogP contribution is -2.18. The Labute approximate surface area is 98.6 Å². The van der Waals surface area contributed by atoms with Gasteiger partial charge in [0.2, 0.25) is 0 Å². The lowest BCUT2D eigenvalue weighted by molar-refractivity contribution is 0.608. The van der Waals surface area contributed by atoms with Crippen LogP contribution in [0.2, 0.25) is 0 Å². The Hall–Kier alpha value is -1.12. The fourth-order valence-corrected chi connectivity index (χ4v) is 1.26. The number of allylic oxidation sites excluding steroid dienone is 4. The second-order valence-corrected chi connectivity index (χ2v) is 3.94. The number of amidine groups is 1. The number of hydrogen-bond acceptors (Lipinski definition) is 1. The number of halogens is 1. The monoisotopic (exact) mass is 226 g/mol. The Balaban J connectivity index is 5.10. The first-order chi connectivity index (χ1) is 7.43. The first-order valence-electron chi connectivity index (χ1n) is 5.72. The third-order valence-corrected chi connectivity index (χ3v) is 2.41. The van der Waals surface area contributed by atoms with Crippen molar-refractivity contribution in [2.24, 2.45) is 4.99 Å². The predicted molar refractivity (Wildman–Crippen MR) is 69.3 cm³/mol. The third kappa shape index (κ3) is 4.60. The van der Waals surface area contributed by atoms with Crippen molar-refractivity contribution >= 4 is 5.84 Å². The van der Waals surface area contributed by atoms with Crippen molar-refractivity contribution in [3.63, 3.8) is 0 Å². The number of rotatable bonds is 4. The molecule has 0 atom stereocenters. The van der Waals surface area contributed by atoms with E-state index < -0.39 is 0 Å². The van der Waals surface area contributed by atoms with E-state index in [1.807, 2.05) is 45.8 Å². The van der Waals surface area contributed by atoms with Crippen LogP contribution in [0, 0.1) is 0 Å². The summed E-state index contributed by atoms with van der Waals surface area (Å²) in [4.78, 5) is 6.10. The maximum Gasteiger partial charge on any atom is 0.147 e. The molecular weight excluding hydrogens is 203 g/mol. The third-order valence-electron chi connectivity index (χ3n) is 2.41. The number of hydrogen-bond donors (Lipinski definition) is 0. The molecule has 0 spiro atoms. The van der Waals surface area contributed by atoms with Crippen LogP contribution in [-0.4, -0.2) is 24.8 Å². The molecule has 0 fully saturated rings. The minimum absolute atomic E-state index is 0.189. The smallest absolute Gasteiger partial charge is 0.147 e. The minimum Gasteiger partial charge on any atom is -0.366 e. The average molecular weight is 226 g/mol. The van der Waals surface area contributed by atoms with E-state index in [9.17, 15) is 4.39 Å². The quantitative estimate of drug-likeness (QED) is 0.403. The zero-order valence-corrected chi connectivity index (χ0v) is 11.3. The molecule has 0 N–H and O–H groups in total. The highest BCUT2D eigenvalue weighted by Crippen LogP contribution is 2.20. The van der Waals surface area contributed by atoms with Crippen LogP contribution in [0.25, 0.3) is 0 Å². The van der Waals surface area contributed by atoms with Gasteiger partial charge in [0.05, 0.1) is 5.70 Å². The van der Waals surface area contributed by atoms with E-state index in [0.717, 1.165) is 17.8 Å². The summed E-state index contributed by atoms with van der Waals surface area (Å²) in [5.74, 6) is 0.616. The molecule has 0 aromatic rings. The minimum atomic E-state index is -0.189. The van der Waals surface area contributed by atoms with E-state index in [-0.39, 0.29) is 5.83 Å². The summed E-state index contributed by atoms with van der Waals surface area (Å²) < 4.78 is 14.0. The maximum absolute atomic E-state index is 14.0. The second kappa shape index (κ2) is 7.20. The van der Waals surface area contributed by atoms with Gasteiger partial charge >= 0.3 is 0 Å². The maximum atomic E-state index is 14.0. The molecule has 0 amide bonds. The van der Waals surface area contributed by atoms with Crippen LogP contribution in [0.15, 0.2) is 28.2 Å². The predicted octanol–water partition coefficient (Wildman–Crippen LogP) is 3.91. The normalized spacial score (nSPS) is 14.9. The van der Waals surface area contributed by atoms with Gasteiger partial charge in [-0.1, -0.05) is 19.9 Å². The van der Waals surface area contributed by atoms with Gasteiger partial charge in [-0.05, 0) is 32.3 Å². The number of aliphatic imine (C=N–C) groups is 1. The zero-order valence-electron chi connectivity index (χ0n) is 11.3. The van der Waals surface area contributed by atoms with Crippen LogP contribution in [0.4, 0.5) is 4.39 Å². The van der Waals surface area contributed by atoms with Gasteiger partial charge in [-0.3, -0.25) is 0 Å². The molecule has 2 nitrogen and oxygen atoms in total. The van der Waals surface area contributed by atoms with Gasteiger partial charge in [-0.25, -0.2) is 9.38 Å². The topological polar surface area (TPSA) is 15.6 Å². The van der Waals surface area contributed by atoms with Crippen molar-refractivity contribution in [1.29, 1.82) is 0 Å². The Morgan fingerprint density at radius 3 is 2.19 bits per heavy atom. The van der Waals surface area contributed by atoms with E-state index in [1.54, 1.807) is 6.92 Å². The molecular formula is C13H23FN2. The summed E-state index contributed by atoms with van der Waals surface area (Å²) in [7, 11) is 3.79. The van der Waals surface area contributed by atoms with Crippen LogP contribution in [0.1, 0.15) is 40.5 Å². The Morgan fingerprint density at radius 2 is 1.81 bits per heavy atom. The summed E-state index contributed by atoms with van der Waals surface area (Å²) in [6.45, 7) is 7.54. The van der Waals surface area contributed by atoms with E-state index in [1.165, 1.54) is 0 Å². The van der Waals surface area contributed by atoms with E-state index in [4.69, 9.17) is 0 Å². The van der Waals surface area contributed by atoms with Gasteiger partial charge in [-0.15, -0.1) is 0 Å². The van der Waals surface area contributed by atoms with E-state index >= 15 is 0 Å². The van der Waals surface area contributed by atoms with Gasteiger partial charge in [0.1, 0.15) is 11.7 Å². The van der Waals surface area contributed by atoms with Gasteiger partial charge in [0.25, 0.3) is 0 Å². The Kier molecular flexibility index (Phi) is 6.70. The number of nitrogens with zero attached hydrogens (tertiary/aromatic N) is 2. The molecule has 0 aliphatic rings. The van der Waals surface area contributed by atoms with Crippen LogP contribution in [0.3, 0.4) is 0 Å². The SMILES string of the molecule is CC/C=C(CC)/C(F)=C(/C)N=C(C)N(C)C. The van der Waals surface area contributed by atoms with Crippen LogP contribution in [-0.2, 0) is 0 Å². The molecule has 0 rings (SSSR count). The van der Waals surface area contributed by atoms with Crippen LogP contribution < -0.4 is 0 Å². The summed E-state index contributed by atoms with van der Waals surface area (Å²) in [5.41, 5.74) is 1.20. The molecule has 0 radical (unpaired) electrons. The van der Waals surface area contributed by atoms with E-state index in [0.29, 0.717) is 12.1 Å². The molecule has 92 valence electrons. The summed E-state index contributed by atoms with van der Waals surface area (Å²) in [6, 6.07) is 0. The highest BCUT2D eigenvalue weighted by molar-refractivity contribution is 5.80. The molecule has 0 aromatic carbocycles. The largest absolute Gasteiger partial charge is 0.366 e. The Morgan fingerprint density at radius 1 is 1.25 bits per heavy atom. The van der Waals surface area contributed by atoms with Crippen molar-refractivity contribution in [2.45, 2.75) is 40.5 Å². The highest BCUT2D eigenvalue weighted by atomic mass is 19.1. The molecule has 0 unspecified atom stereocenters. The first kappa shape index (κ1) is 14.9. The standard InChI is InChI=1S/C13H23FN2/c1-7-9-12(8-2)13(14)10(3)15-11(4)16(5)6/h9H,7-8H2,1-6H3/b12-9+,13-10+,15-11?. The summed E-state index contributed by atoms with van der Waals surface area (Å²) in [6.07, 6.45) is 3.47. The second-order valence-electron chi connectivity index (χ2n) is 3.94. The molecule has 0 aromatic heterocycles. The van der Waals surface area contributed by atoms with Gasteiger partial charge in [0, 0.05) is 14.1 Å². The van der Waals surface area contributed by atoms with Crippen molar-refractivity contribution in [1.82, 2.24) is 4.90 Å². The van der Waals surface area contributed by atoms with Crippen molar-refractivity contribution in [3.8, 4) is 0 Å². The molecule has 16 heavy (non-hydrogen) atoms. The lowest BCUT2D eigenvalue weighted by Gasteiger charge is -2.12. The summed E-state index contributed by atoms with van der Waals surface area (Å²) >= 11 is 0. The molecule has 0 saturated heterocycles. The summed E-state index contributed by atoms with van der Waals surface area (Å²) in [5, 5.41) is 0. The van der Waals surface area contributed by atoms with Crippen LogP contribution >= 0.6 is 0 Å². The first-order valence-corrected chi connectivity index (χ1v) is 5.72. The molecule has 0 aliphatic carbocycles. The van der Waals surface area contributed by atoms with Crippen LogP contribution in [0.5, 0.6) is 0 Å². The van der Waals surface area contributed by atoms with Crippen molar-refractivity contribution < 1.29 is 4.39 Å². The molecule has 0 bridgehead atoms. The average Bonchev–Trinajstić information content (AvgIpc) is 2.24.